The number of fused-ring (bicyclic) bond motifs is 1. The van der Waals surface area contributed by atoms with Gasteiger partial charge in [-0.3, -0.25) is 0 Å². The third-order valence-corrected chi connectivity index (χ3v) is 2.47. The second-order valence-electron chi connectivity index (χ2n) is 4.35. The minimum atomic E-state index is 0.126. The Morgan fingerprint density at radius 1 is 1.44 bits per heavy atom. The summed E-state index contributed by atoms with van der Waals surface area (Å²) in [4.78, 5) is 8.85. The standard InChI is InChI=1S/C12H17N3O/c1-9(2)8-15-11(5-7-16)14-10-4-3-6-13-12(10)15/h3-4,6,9,16H,5,7-8H2,1-2H3. The lowest BCUT2D eigenvalue weighted by atomic mass is 10.2. The van der Waals surface area contributed by atoms with Crippen LogP contribution in [0.2, 0.25) is 0 Å². The van der Waals surface area contributed by atoms with Crippen molar-refractivity contribution in [3.8, 4) is 0 Å². The van der Waals surface area contributed by atoms with E-state index in [0.717, 1.165) is 23.5 Å². The van der Waals surface area contributed by atoms with Gasteiger partial charge in [0.25, 0.3) is 0 Å². The molecule has 86 valence electrons. The van der Waals surface area contributed by atoms with E-state index in [9.17, 15) is 0 Å². The molecule has 0 aliphatic heterocycles. The zero-order valence-electron chi connectivity index (χ0n) is 9.72. The molecular weight excluding hydrogens is 202 g/mol. The molecule has 2 aromatic heterocycles. The second kappa shape index (κ2) is 4.61. The summed E-state index contributed by atoms with van der Waals surface area (Å²) >= 11 is 0. The molecule has 2 aromatic rings. The molecule has 16 heavy (non-hydrogen) atoms. The largest absolute Gasteiger partial charge is 0.396 e. The Kier molecular flexibility index (Phi) is 3.19. The summed E-state index contributed by atoms with van der Waals surface area (Å²) in [5.74, 6) is 1.46. The first kappa shape index (κ1) is 11.1. The highest BCUT2D eigenvalue weighted by Gasteiger charge is 2.11. The van der Waals surface area contributed by atoms with Crippen molar-refractivity contribution in [1.82, 2.24) is 14.5 Å². The number of imidazole rings is 1. The number of pyridine rings is 1. The van der Waals surface area contributed by atoms with Crippen LogP contribution in [-0.2, 0) is 13.0 Å². The monoisotopic (exact) mass is 219 g/mol. The average Bonchev–Trinajstić information content (AvgIpc) is 2.57. The van der Waals surface area contributed by atoms with Crippen molar-refractivity contribution in [2.75, 3.05) is 6.61 Å². The lowest BCUT2D eigenvalue weighted by Gasteiger charge is -2.10. The first-order chi connectivity index (χ1) is 7.72. The van der Waals surface area contributed by atoms with E-state index in [1.54, 1.807) is 6.20 Å². The molecule has 0 bridgehead atoms. The Morgan fingerprint density at radius 2 is 2.25 bits per heavy atom. The minimum Gasteiger partial charge on any atom is -0.396 e. The third-order valence-electron chi connectivity index (χ3n) is 2.47. The van der Waals surface area contributed by atoms with Gasteiger partial charge in [-0.1, -0.05) is 13.8 Å². The summed E-state index contributed by atoms with van der Waals surface area (Å²) in [6, 6.07) is 3.85. The van der Waals surface area contributed by atoms with Crippen molar-refractivity contribution in [3.63, 3.8) is 0 Å². The quantitative estimate of drug-likeness (QED) is 0.850. The molecule has 4 heteroatoms. The Balaban J connectivity index is 2.50. The van der Waals surface area contributed by atoms with Crippen molar-refractivity contribution in [3.05, 3.63) is 24.2 Å². The fourth-order valence-corrected chi connectivity index (χ4v) is 1.85. The van der Waals surface area contributed by atoms with Crippen LogP contribution in [0.4, 0.5) is 0 Å². The highest BCUT2D eigenvalue weighted by atomic mass is 16.3. The van der Waals surface area contributed by atoms with Gasteiger partial charge in [0, 0.05) is 19.2 Å². The van der Waals surface area contributed by atoms with Crippen LogP contribution < -0.4 is 0 Å². The number of nitrogens with zero attached hydrogens (tertiary/aromatic N) is 3. The summed E-state index contributed by atoms with van der Waals surface area (Å²) < 4.78 is 2.11. The molecule has 2 heterocycles. The number of hydrogen-bond acceptors (Lipinski definition) is 3. The van der Waals surface area contributed by atoms with E-state index < -0.39 is 0 Å². The maximum atomic E-state index is 9.03. The van der Waals surface area contributed by atoms with E-state index in [2.05, 4.69) is 28.4 Å². The molecule has 0 aliphatic rings. The molecule has 0 amide bonds. The number of hydrogen-bond donors (Lipinski definition) is 1. The van der Waals surface area contributed by atoms with Crippen LogP contribution in [-0.4, -0.2) is 26.2 Å². The zero-order chi connectivity index (χ0) is 11.5. The molecule has 1 N–H and O–H groups in total. The molecule has 0 spiro atoms. The summed E-state index contributed by atoms with van der Waals surface area (Å²) in [6.07, 6.45) is 2.37. The Morgan fingerprint density at radius 3 is 2.94 bits per heavy atom. The normalized spacial score (nSPS) is 11.5. The Hall–Kier alpha value is -1.42. The molecule has 0 saturated carbocycles. The van der Waals surface area contributed by atoms with Gasteiger partial charge in [0.15, 0.2) is 5.65 Å². The Labute approximate surface area is 95.0 Å². The van der Waals surface area contributed by atoms with Gasteiger partial charge in [-0.05, 0) is 18.1 Å². The van der Waals surface area contributed by atoms with Gasteiger partial charge in [-0.25, -0.2) is 9.97 Å². The zero-order valence-corrected chi connectivity index (χ0v) is 9.72. The van der Waals surface area contributed by atoms with Gasteiger partial charge in [-0.2, -0.15) is 0 Å². The van der Waals surface area contributed by atoms with Crippen LogP contribution >= 0.6 is 0 Å². The van der Waals surface area contributed by atoms with Gasteiger partial charge >= 0.3 is 0 Å². The van der Waals surface area contributed by atoms with Gasteiger partial charge in [0.05, 0.1) is 6.61 Å². The van der Waals surface area contributed by atoms with E-state index in [1.807, 2.05) is 12.1 Å². The smallest absolute Gasteiger partial charge is 0.159 e. The summed E-state index contributed by atoms with van der Waals surface area (Å²) in [5.41, 5.74) is 1.83. The molecule has 4 nitrogen and oxygen atoms in total. The van der Waals surface area contributed by atoms with Crippen LogP contribution in [0.1, 0.15) is 19.7 Å². The van der Waals surface area contributed by atoms with Crippen molar-refractivity contribution >= 4 is 11.2 Å². The van der Waals surface area contributed by atoms with Crippen LogP contribution in [0.3, 0.4) is 0 Å². The molecular formula is C12H17N3O. The van der Waals surface area contributed by atoms with Gasteiger partial charge in [-0.15, -0.1) is 0 Å². The number of aromatic nitrogens is 3. The Bertz CT molecular complexity index is 476. The van der Waals surface area contributed by atoms with Crippen LogP contribution in [0.5, 0.6) is 0 Å². The predicted octanol–water partition coefficient (Wildman–Crippen LogP) is 1.62. The topological polar surface area (TPSA) is 50.9 Å². The first-order valence-electron chi connectivity index (χ1n) is 5.63. The first-order valence-corrected chi connectivity index (χ1v) is 5.63. The number of aliphatic hydroxyl groups is 1. The predicted molar refractivity (Wildman–Crippen MR) is 63.2 cm³/mol. The maximum Gasteiger partial charge on any atom is 0.159 e. The molecule has 0 atom stereocenters. The average molecular weight is 219 g/mol. The van der Waals surface area contributed by atoms with Crippen molar-refractivity contribution in [1.29, 1.82) is 0 Å². The van der Waals surface area contributed by atoms with E-state index in [0.29, 0.717) is 12.3 Å². The minimum absolute atomic E-state index is 0.126. The lowest BCUT2D eigenvalue weighted by molar-refractivity contribution is 0.294. The molecule has 0 radical (unpaired) electrons. The summed E-state index contributed by atoms with van der Waals surface area (Å²) in [5, 5.41) is 9.03. The number of rotatable bonds is 4. The van der Waals surface area contributed by atoms with Crippen molar-refractivity contribution in [2.24, 2.45) is 5.92 Å². The van der Waals surface area contributed by atoms with Crippen molar-refractivity contribution < 1.29 is 5.11 Å². The SMILES string of the molecule is CC(C)Cn1c(CCO)nc2cccnc21. The van der Waals surface area contributed by atoms with E-state index in [4.69, 9.17) is 5.11 Å². The molecule has 2 rings (SSSR count). The highest BCUT2D eigenvalue weighted by molar-refractivity contribution is 5.71. The molecule has 0 saturated heterocycles. The van der Waals surface area contributed by atoms with E-state index in [1.165, 1.54) is 0 Å². The molecule has 0 aliphatic carbocycles. The molecule has 0 fully saturated rings. The summed E-state index contributed by atoms with van der Waals surface area (Å²) in [7, 11) is 0. The van der Waals surface area contributed by atoms with Crippen LogP contribution in [0.25, 0.3) is 11.2 Å². The van der Waals surface area contributed by atoms with Crippen molar-refractivity contribution in [2.45, 2.75) is 26.8 Å². The van der Waals surface area contributed by atoms with E-state index >= 15 is 0 Å². The lowest BCUT2D eigenvalue weighted by Crippen LogP contribution is -2.10. The second-order valence-corrected chi connectivity index (χ2v) is 4.35. The van der Waals surface area contributed by atoms with Crippen LogP contribution in [0, 0.1) is 5.92 Å². The van der Waals surface area contributed by atoms with Crippen LogP contribution in [0.15, 0.2) is 18.3 Å². The molecule has 0 aromatic carbocycles. The van der Waals surface area contributed by atoms with Gasteiger partial charge < -0.3 is 9.67 Å². The van der Waals surface area contributed by atoms with Gasteiger partial charge in [0.2, 0.25) is 0 Å². The third kappa shape index (κ3) is 2.07. The van der Waals surface area contributed by atoms with E-state index in [-0.39, 0.29) is 6.61 Å². The highest BCUT2D eigenvalue weighted by Crippen LogP contribution is 2.15. The number of aliphatic hydroxyl groups excluding tert-OH is 1. The maximum absolute atomic E-state index is 9.03. The molecule has 0 unspecified atom stereocenters. The summed E-state index contributed by atoms with van der Waals surface area (Å²) in [6.45, 7) is 5.35. The van der Waals surface area contributed by atoms with Gasteiger partial charge in [0.1, 0.15) is 11.3 Å². The fraction of sp³-hybridized carbons (Fsp3) is 0.500. The fourth-order valence-electron chi connectivity index (χ4n) is 1.85.